The number of hydrogen-bond acceptors (Lipinski definition) is 3. The van der Waals surface area contributed by atoms with Crippen LogP contribution in [0.4, 0.5) is 5.82 Å². The van der Waals surface area contributed by atoms with Crippen LogP contribution in [0.15, 0.2) is 24.3 Å². The zero-order chi connectivity index (χ0) is 12.5. The van der Waals surface area contributed by atoms with E-state index in [0.29, 0.717) is 0 Å². The van der Waals surface area contributed by atoms with E-state index in [2.05, 4.69) is 52.7 Å². The first-order valence-electron chi connectivity index (χ1n) is 6.68. The monoisotopic (exact) mass is 280 g/mol. The molecule has 19 heavy (non-hydrogen) atoms. The van der Waals surface area contributed by atoms with Crippen molar-refractivity contribution in [3.8, 4) is 0 Å². The maximum absolute atomic E-state index is 4.78. The van der Waals surface area contributed by atoms with Crippen molar-refractivity contribution in [3.05, 3.63) is 24.3 Å². The van der Waals surface area contributed by atoms with Gasteiger partial charge in [0.2, 0.25) is 0 Å². The minimum Gasteiger partial charge on any atom is -0.352 e. The first kappa shape index (κ1) is 14.2. The van der Waals surface area contributed by atoms with Crippen LogP contribution >= 0.6 is 12.4 Å². The third-order valence-electron chi connectivity index (χ3n) is 3.74. The molecule has 1 fully saturated rings. The molecule has 5 heteroatoms. The molecule has 2 aromatic rings. The molecule has 1 aliphatic rings. The van der Waals surface area contributed by atoms with E-state index in [1.807, 2.05) is 0 Å². The van der Waals surface area contributed by atoms with Crippen molar-refractivity contribution in [1.82, 2.24) is 14.7 Å². The predicted molar refractivity (Wildman–Crippen MR) is 82.4 cm³/mol. The van der Waals surface area contributed by atoms with Gasteiger partial charge in [0.25, 0.3) is 0 Å². The van der Waals surface area contributed by atoms with Gasteiger partial charge in [0.15, 0.2) is 5.82 Å². The first-order chi connectivity index (χ1) is 8.79. The van der Waals surface area contributed by atoms with Crippen LogP contribution in [0.25, 0.3) is 10.9 Å². The molecule has 1 aromatic carbocycles. The summed E-state index contributed by atoms with van der Waals surface area (Å²) >= 11 is 0. The first-order valence-corrected chi connectivity index (χ1v) is 6.68. The van der Waals surface area contributed by atoms with Crippen molar-refractivity contribution in [2.75, 3.05) is 38.1 Å². The Labute approximate surface area is 120 Å². The van der Waals surface area contributed by atoms with Crippen LogP contribution in [0.2, 0.25) is 0 Å². The van der Waals surface area contributed by atoms with Gasteiger partial charge in [-0.25, -0.2) is 0 Å². The van der Waals surface area contributed by atoms with Crippen LogP contribution in [0.3, 0.4) is 0 Å². The molecule has 4 nitrogen and oxygen atoms in total. The van der Waals surface area contributed by atoms with Crippen molar-refractivity contribution in [3.63, 3.8) is 0 Å². The largest absolute Gasteiger partial charge is 0.352 e. The summed E-state index contributed by atoms with van der Waals surface area (Å²) in [7, 11) is 2.18. The van der Waals surface area contributed by atoms with E-state index >= 15 is 0 Å². The number of hydrogen-bond donors (Lipinski definition) is 0. The SMILES string of the molecule is CCn1nc(N2CCN(C)CC2)c2ccccc21.Cl. The van der Waals surface area contributed by atoms with Gasteiger partial charge in [0.1, 0.15) is 0 Å². The summed E-state index contributed by atoms with van der Waals surface area (Å²) in [6, 6.07) is 8.53. The van der Waals surface area contributed by atoms with Crippen molar-refractivity contribution < 1.29 is 0 Å². The minimum atomic E-state index is 0. The maximum atomic E-state index is 4.78. The fourth-order valence-corrected chi connectivity index (χ4v) is 2.60. The third-order valence-corrected chi connectivity index (χ3v) is 3.74. The number of fused-ring (bicyclic) bond motifs is 1. The molecule has 1 aromatic heterocycles. The Balaban J connectivity index is 0.00000133. The quantitative estimate of drug-likeness (QED) is 0.843. The van der Waals surface area contributed by atoms with Crippen LogP contribution in [0.1, 0.15) is 6.92 Å². The van der Waals surface area contributed by atoms with Crippen LogP contribution in [0.5, 0.6) is 0 Å². The second-order valence-electron chi connectivity index (χ2n) is 4.95. The molecule has 0 amide bonds. The number of rotatable bonds is 2. The Bertz CT molecular complexity index is 543. The number of aryl methyl sites for hydroxylation is 1. The summed E-state index contributed by atoms with van der Waals surface area (Å²) in [5.74, 6) is 1.15. The molecule has 2 heterocycles. The number of para-hydroxylation sites is 1. The van der Waals surface area contributed by atoms with E-state index < -0.39 is 0 Å². The summed E-state index contributed by atoms with van der Waals surface area (Å²) < 4.78 is 2.10. The number of anilines is 1. The van der Waals surface area contributed by atoms with Gasteiger partial charge < -0.3 is 9.80 Å². The highest BCUT2D eigenvalue weighted by Crippen LogP contribution is 2.26. The summed E-state index contributed by atoms with van der Waals surface area (Å²) in [5.41, 5.74) is 1.24. The highest BCUT2D eigenvalue weighted by Gasteiger charge is 2.19. The Kier molecular flexibility index (Phi) is 4.32. The topological polar surface area (TPSA) is 24.3 Å². The normalized spacial score (nSPS) is 16.6. The molecule has 3 rings (SSSR count). The average molecular weight is 281 g/mol. The highest BCUT2D eigenvalue weighted by atomic mass is 35.5. The number of nitrogens with zero attached hydrogens (tertiary/aromatic N) is 4. The summed E-state index contributed by atoms with van der Waals surface area (Å²) in [6.45, 7) is 7.45. The Morgan fingerprint density at radius 1 is 1.11 bits per heavy atom. The van der Waals surface area contributed by atoms with Gasteiger partial charge in [-0.15, -0.1) is 12.4 Å². The van der Waals surface area contributed by atoms with Gasteiger partial charge in [-0.3, -0.25) is 4.68 Å². The molecule has 1 saturated heterocycles. The number of likely N-dealkylation sites (N-methyl/N-ethyl adjacent to an activating group) is 1. The van der Waals surface area contributed by atoms with E-state index in [1.54, 1.807) is 0 Å². The number of piperazine rings is 1. The smallest absolute Gasteiger partial charge is 0.158 e. The summed E-state index contributed by atoms with van der Waals surface area (Å²) in [6.07, 6.45) is 0. The van der Waals surface area contributed by atoms with Crippen molar-refractivity contribution in [1.29, 1.82) is 0 Å². The molecule has 0 atom stereocenters. The Morgan fingerprint density at radius 2 is 1.79 bits per heavy atom. The zero-order valence-corrected chi connectivity index (χ0v) is 12.4. The molecule has 0 radical (unpaired) electrons. The van der Waals surface area contributed by atoms with E-state index in [1.165, 1.54) is 10.9 Å². The highest BCUT2D eigenvalue weighted by molar-refractivity contribution is 5.90. The molecule has 104 valence electrons. The zero-order valence-electron chi connectivity index (χ0n) is 11.5. The number of aromatic nitrogens is 2. The summed E-state index contributed by atoms with van der Waals surface area (Å²) in [5, 5.41) is 6.06. The third kappa shape index (κ3) is 2.55. The van der Waals surface area contributed by atoms with Crippen LogP contribution in [-0.2, 0) is 6.54 Å². The standard InChI is InChI=1S/C14H20N4.ClH/c1-3-18-13-7-5-4-6-12(13)14(15-18)17-10-8-16(2)9-11-17;/h4-7H,3,8-11H2,1-2H3;1H. The van der Waals surface area contributed by atoms with Crippen molar-refractivity contribution in [2.45, 2.75) is 13.5 Å². The molecule has 0 saturated carbocycles. The second kappa shape index (κ2) is 5.80. The molecule has 0 aliphatic carbocycles. The number of benzene rings is 1. The lowest BCUT2D eigenvalue weighted by Crippen LogP contribution is -2.44. The lowest BCUT2D eigenvalue weighted by molar-refractivity contribution is 0.312. The Morgan fingerprint density at radius 3 is 2.47 bits per heavy atom. The van der Waals surface area contributed by atoms with Crippen LogP contribution in [0, 0.1) is 0 Å². The lowest BCUT2D eigenvalue weighted by atomic mass is 10.2. The van der Waals surface area contributed by atoms with Crippen molar-refractivity contribution in [2.24, 2.45) is 0 Å². The fraction of sp³-hybridized carbons (Fsp3) is 0.500. The van der Waals surface area contributed by atoms with Crippen molar-refractivity contribution >= 4 is 29.1 Å². The predicted octanol–water partition coefficient (Wildman–Crippen LogP) is 2.23. The molecule has 0 N–H and O–H groups in total. The van der Waals surface area contributed by atoms with Gasteiger partial charge in [0, 0.05) is 38.1 Å². The van der Waals surface area contributed by atoms with Crippen LogP contribution in [-0.4, -0.2) is 47.9 Å². The molecular weight excluding hydrogens is 260 g/mol. The van der Waals surface area contributed by atoms with E-state index in [-0.39, 0.29) is 12.4 Å². The van der Waals surface area contributed by atoms with E-state index in [0.717, 1.165) is 38.5 Å². The van der Waals surface area contributed by atoms with Gasteiger partial charge >= 0.3 is 0 Å². The van der Waals surface area contributed by atoms with Gasteiger partial charge in [-0.2, -0.15) is 5.10 Å². The molecular formula is C14H21ClN4. The summed E-state index contributed by atoms with van der Waals surface area (Å²) in [4.78, 5) is 4.78. The molecule has 0 bridgehead atoms. The number of halogens is 1. The van der Waals surface area contributed by atoms with Gasteiger partial charge in [0.05, 0.1) is 5.52 Å². The van der Waals surface area contributed by atoms with E-state index in [4.69, 9.17) is 5.10 Å². The maximum Gasteiger partial charge on any atom is 0.158 e. The van der Waals surface area contributed by atoms with Crippen LogP contribution < -0.4 is 4.90 Å². The minimum absolute atomic E-state index is 0. The second-order valence-corrected chi connectivity index (χ2v) is 4.95. The average Bonchev–Trinajstić information content (AvgIpc) is 2.79. The molecule has 1 aliphatic heterocycles. The van der Waals surface area contributed by atoms with Gasteiger partial charge in [-0.05, 0) is 26.1 Å². The molecule has 0 unspecified atom stereocenters. The van der Waals surface area contributed by atoms with Gasteiger partial charge in [-0.1, -0.05) is 12.1 Å². The Hall–Kier alpha value is -1.26. The lowest BCUT2D eigenvalue weighted by Gasteiger charge is -2.32. The van der Waals surface area contributed by atoms with E-state index in [9.17, 15) is 0 Å². The molecule has 0 spiro atoms. The fourth-order valence-electron chi connectivity index (χ4n) is 2.60.